The van der Waals surface area contributed by atoms with Crippen molar-refractivity contribution in [1.29, 1.82) is 0 Å². The van der Waals surface area contributed by atoms with Crippen LogP contribution in [-0.4, -0.2) is 15.1 Å². The first-order valence-electron chi connectivity index (χ1n) is 5.98. The molecular weight excluding hydrogens is 337 g/mol. The maximum Gasteiger partial charge on any atom is 0.0994 e. The van der Waals surface area contributed by atoms with Crippen LogP contribution in [0.3, 0.4) is 0 Å². The summed E-state index contributed by atoms with van der Waals surface area (Å²) in [6.45, 7) is 7.31. The zero-order valence-electron chi connectivity index (χ0n) is 10.9. The molecule has 0 unspecified atom stereocenters. The molecule has 0 amide bonds. The largest absolute Gasteiger partial charge is 0.306 e. The van der Waals surface area contributed by atoms with Crippen LogP contribution in [-0.2, 0) is 6.54 Å². The number of halogens is 1. The van der Waals surface area contributed by atoms with Crippen LogP contribution in [0.5, 0.6) is 0 Å². The van der Waals surface area contributed by atoms with Crippen molar-refractivity contribution in [3.05, 3.63) is 46.1 Å². The minimum atomic E-state index is 0.111. The molecule has 1 aromatic carbocycles. The summed E-state index contributed by atoms with van der Waals surface area (Å²) in [5.74, 6) is 0. The van der Waals surface area contributed by atoms with Gasteiger partial charge in [0.2, 0.25) is 0 Å². The van der Waals surface area contributed by atoms with Gasteiger partial charge in [-0.2, -0.15) is 0 Å². The van der Waals surface area contributed by atoms with Crippen LogP contribution in [0.25, 0.3) is 5.69 Å². The van der Waals surface area contributed by atoms with E-state index in [1.54, 1.807) is 0 Å². The Morgan fingerprint density at radius 1 is 1.33 bits per heavy atom. The number of hydrogen-bond donors (Lipinski definition) is 1. The number of benzene rings is 1. The predicted molar refractivity (Wildman–Crippen MR) is 82.9 cm³/mol. The Hall–Kier alpha value is -0.880. The SMILES string of the molecule is CC(C)(C)NCc1cncn1-c1cccc(I)c1. The third-order valence-corrected chi connectivity index (χ3v) is 3.27. The zero-order chi connectivity index (χ0) is 13.2. The van der Waals surface area contributed by atoms with Crippen LogP contribution in [0.4, 0.5) is 0 Å². The van der Waals surface area contributed by atoms with Gasteiger partial charge in [0.25, 0.3) is 0 Å². The van der Waals surface area contributed by atoms with Crippen molar-refractivity contribution >= 4 is 22.6 Å². The topological polar surface area (TPSA) is 29.9 Å². The Balaban J connectivity index is 2.23. The van der Waals surface area contributed by atoms with Crippen molar-refractivity contribution in [2.45, 2.75) is 32.9 Å². The predicted octanol–water partition coefficient (Wildman–Crippen LogP) is 3.37. The zero-order valence-corrected chi connectivity index (χ0v) is 13.1. The van der Waals surface area contributed by atoms with E-state index in [2.05, 4.69) is 82.5 Å². The van der Waals surface area contributed by atoms with Crippen LogP contribution in [0.2, 0.25) is 0 Å². The van der Waals surface area contributed by atoms with Crippen molar-refractivity contribution in [3.63, 3.8) is 0 Å². The van der Waals surface area contributed by atoms with Gasteiger partial charge >= 0.3 is 0 Å². The lowest BCUT2D eigenvalue weighted by Gasteiger charge is -2.21. The molecule has 1 aromatic heterocycles. The van der Waals surface area contributed by atoms with Crippen LogP contribution >= 0.6 is 22.6 Å². The molecule has 4 heteroatoms. The highest BCUT2D eigenvalue weighted by molar-refractivity contribution is 14.1. The average Bonchev–Trinajstić information content (AvgIpc) is 2.73. The average molecular weight is 355 g/mol. The number of hydrogen-bond acceptors (Lipinski definition) is 2. The van der Waals surface area contributed by atoms with Gasteiger partial charge in [0.1, 0.15) is 0 Å². The minimum Gasteiger partial charge on any atom is -0.306 e. The summed E-state index contributed by atoms with van der Waals surface area (Å²) in [5.41, 5.74) is 2.44. The fourth-order valence-electron chi connectivity index (χ4n) is 1.67. The maximum atomic E-state index is 4.25. The van der Waals surface area contributed by atoms with E-state index in [4.69, 9.17) is 0 Å². The fourth-order valence-corrected chi connectivity index (χ4v) is 2.19. The molecule has 0 aliphatic rings. The molecule has 0 spiro atoms. The number of aromatic nitrogens is 2. The Labute approximate surface area is 122 Å². The second-order valence-corrected chi connectivity index (χ2v) is 6.58. The van der Waals surface area contributed by atoms with Crippen molar-refractivity contribution in [3.8, 4) is 5.69 Å². The molecule has 0 bridgehead atoms. The number of nitrogens with zero attached hydrogens (tertiary/aromatic N) is 2. The number of rotatable bonds is 3. The molecule has 0 atom stereocenters. The van der Waals surface area contributed by atoms with Gasteiger partial charge < -0.3 is 9.88 Å². The van der Waals surface area contributed by atoms with E-state index >= 15 is 0 Å². The standard InChI is InChI=1S/C14H18IN3/c1-14(2,3)17-9-13-8-16-10-18(13)12-6-4-5-11(15)7-12/h4-8,10,17H,9H2,1-3H3. The summed E-state index contributed by atoms with van der Waals surface area (Å²) >= 11 is 2.33. The third kappa shape index (κ3) is 3.55. The maximum absolute atomic E-state index is 4.25. The number of nitrogens with one attached hydrogen (secondary N) is 1. The van der Waals surface area contributed by atoms with Crippen LogP contribution in [0.15, 0.2) is 36.8 Å². The fraction of sp³-hybridized carbons (Fsp3) is 0.357. The summed E-state index contributed by atoms with van der Waals surface area (Å²) in [6.07, 6.45) is 3.78. The Morgan fingerprint density at radius 3 is 2.78 bits per heavy atom. The number of imidazole rings is 1. The lowest BCUT2D eigenvalue weighted by molar-refractivity contribution is 0.419. The summed E-state index contributed by atoms with van der Waals surface area (Å²) in [4.78, 5) is 4.25. The highest BCUT2D eigenvalue weighted by Crippen LogP contribution is 2.15. The van der Waals surface area contributed by atoms with Crippen molar-refractivity contribution in [2.24, 2.45) is 0 Å². The molecule has 0 aliphatic heterocycles. The van der Waals surface area contributed by atoms with Crippen LogP contribution < -0.4 is 5.32 Å². The summed E-state index contributed by atoms with van der Waals surface area (Å²) in [7, 11) is 0. The Kier molecular flexibility index (Phi) is 4.07. The molecule has 1 N–H and O–H groups in total. The monoisotopic (exact) mass is 355 g/mol. The second-order valence-electron chi connectivity index (χ2n) is 5.34. The Bertz CT molecular complexity index is 526. The van der Waals surface area contributed by atoms with E-state index in [1.807, 2.05) is 12.5 Å². The van der Waals surface area contributed by atoms with E-state index in [0.29, 0.717) is 0 Å². The van der Waals surface area contributed by atoms with Gasteiger partial charge in [-0.05, 0) is 61.6 Å². The molecule has 2 aromatic rings. The quantitative estimate of drug-likeness (QED) is 0.856. The van der Waals surface area contributed by atoms with E-state index < -0.39 is 0 Å². The first-order valence-corrected chi connectivity index (χ1v) is 7.06. The highest BCUT2D eigenvalue weighted by Gasteiger charge is 2.11. The molecule has 96 valence electrons. The lowest BCUT2D eigenvalue weighted by Crippen LogP contribution is -2.35. The lowest BCUT2D eigenvalue weighted by atomic mass is 10.1. The molecule has 0 saturated carbocycles. The Morgan fingerprint density at radius 2 is 2.11 bits per heavy atom. The molecule has 1 heterocycles. The smallest absolute Gasteiger partial charge is 0.0994 e. The molecule has 0 fully saturated rings. The van der Waals surface area contributed by atoms with E-state index in [-0.39, 0.29) is 5.54 Å². The molecule has 0 radical (unpaired) electrons. The molecule has 0 aliphatic carbocycles. The van der Waals surface area contributed by atoms with Crippen LogP contribution in [0, 0.1) is 3.57 Å². The molecule has 3 nitrogen and oxygen atoms in total. The highest BCUT2D eigenvalue weighted by atomic mass is 127. The summed E-state index contributed by atoms with van der Waals surface area (Å²) in [5, 5.41) is 3.49. The normalized spacial score (nSPS) is 11.8. The van der Waals surface area contributed by atoms with Gasteiger partial charge in [-0.15, -0.1) is 0 Å². The van der Waals surface area contributed by atoms with E-state index in [1.165, 1.54) is 9.26 Å². The first-order chi connectivity index (χ1) is 8.46. The third-order valence-electron chi connectivity index (χ3n) is 2.60. The van der Waals surface area contributed by atoms with Gasteiger partial charge in [-0.3, -0.25) is 0 Å². The van der Waals surface area contributed by atoms with Crippen molar-refractivity contribution < 1.29 is 0 Å². The molecular formula is C14H18IN3. The van der Waals surface area contributed by atoms with Gasteiger partial charge in [-0.25, -0.2) is 4.98 Å². The first kappa shape index (κ1) is 13.5. The molecule has 2 rings (SSSR count). The van der Waals surface area contributed by atoms with Crippen molar-refractivity contribution in [1.82, 2.24) is 14.9 Å². The second kappa shape index (κ2) is 5.40. The van der Waals surface area contributed by atoms with Crippen molar-refractivity contribution in [2.75, 3.05) is 0 Å². The van der Waals surface area contributed by atoms with Gasteiger partial charge in [-0.1, -0.05) is 6.07 Å². The van der Waals surface area contributed by atoms with Crippen LogP contribution in [0.1, 0.15) is 26.5 Å². The van der Waals surface area contributed by atoms with Gasteiger partial charge in [0.05, 0.1) is 12.0 Å². The molecule has 18 heavy (non-hydrogen) atoms. The summed E-state index contributed by atoms with van der Waals surface area (Å²) in [6, 6.07) is 8.42. The van der Waals surface area contributed by atoms with E-state index in [0.717, 1.165) is 12.2 Å². The molecule has 0 saturated heterocycles. The van der Waals surface area contributed by atoms with E-state index in [9.17, 15) is 0 Å². The van der Waals surface area contributed by atoms with Gasteiger partial charge in [0.15, 0.2) is 0 Å². The van der Waals surface area contributed by atoms with Gasteiger partial charge in [0, 0.05) is 27.5 Å². The summed E-state index contributed by atoms with van der Waals surface area (Å²) < 4.78 is 3.36. The minimum absolute atomic E-state index is 0.111.